The predicted molar refractivity (Wildman–Crippen MR) is 46.3 cm³/mol. The summed E-state index contributed by atoms with van der Waals surface area (Å²) in [6.45, 7) is 0. The second kappa shape index (κ2) is 3.21. The number of rotatable bonds is 2. The Hall–Kier alpha value is -2.31. The number of aromatic nitrogens is 4. The van der Waals surface area contributed by atoms with E-state index in [1.807, 2.05) is 0 Å². The molecule has 0 fully saturated rings. The fourth-order valence-electron chi connectivity index (χ4n) is 1.04. The lowest BCUT2D eigenvalue weighted by atomic mass is 10.2. The van der Waals surface area contributed by atoms with Gasteiger partial charge in [-0.3, -0.25) is 10.1 Å². The van der Waals surface area contributed by atoms with Crippen LogP contribution in [0.25, 0.3) is 11.4 Å². The van der Waals surface area contributed by atoms with E-state index >= 15 is 0 Å². The van der Waals surface area contributed by atoms with Crippen molar-refractivity contribution in [3.05, 3.63) is 34.4 Å². The first-order valence-corrected chi connectivity index (χ1v) is 3.75. The third-order valence-corrected chi connectivity index (χ3v) is 1.66. The maximum Gasteiger partial charge on any atom is 0.270 e. The van der Waals surface area contributed by atoms with E-state index < -0.39 is 4.92 Å². The van der Waals surface area contributed by atoms with E-state index in [1.54, 1.807) is 12.1 Å². The van der Waals surface area contributed by atoms with Gasteiger partial charge in [0.15, 0.2) is 0 Å². The molecule has 0 aliphatic rings. The molecule has 0 radical (unpaired) electrons. The zero-order chi connectivity index (χ0) is 9.97. The summed E-state index contributed by atoms with van der Waals surface area (Å²) >= 11 is 0. The molecular weight excluding hydrogens is 186 g/mol. The molecule has 1 aromatic carbocycles. The molecule has 7 heteroatoms. The predicted octanol–water partition coefficient (Wildman–Crippen LogP) is 0.775. The number of nitrogens with one attached hydrogen (secondary N) is 1. The van der Waals surface area contributed by atoms with E-state index in [0.29, 0.717) is 11.4 Å². The van der Waals surface area contributed by atoms with Crippen LogP contribution in [0.15, 0.2) is 24.3 Å². The maximum absolute atomic E-state index is 10.5. The Labute approximate surface area is 77.9 Å². The van der Waals surface area contributed by atoms with Gasteiger partial charge in [0.05, 0.1) is 4.92 Å². The molecule has 1 N–H and O–H groups in total. The molecular formula is C7H5N5O2. The van der Waals surface area contributed by atoms with Crippen LogP contribution in [0.3, 0.4) is 0 Å². The second-order valence-electron chi connectivity index (χ2n) is 2.54. The number of non-ortho nitro benzene ring substituents is 1. The molecule has 7 nitrogen and oxygen atoms in total. The third kappa shape index (κ3) is 1.42. The molecule has 0 saturated heterocycles. The average molecular weight is 191 g/mol. The van der Waals surface area contributed by atoms with E-state index in [1.165, 1.54) is 12.1 Å². The number of tetrazole rings is 1. The van der Waals surface area contributed by atoms with E-state index in [2.05, 4.69) is 20.6 Å². The van der Waals surface area contributed by atoms with Gasteiger partial charge in [-0.25, -0.2) is 0 Å². The van der Waals surface area contributed by atoms with Gasteiger partial charge in [-0.2, -0.15) is 5.21 Å². The fraction of sp³-hybridized carbons (Fsp3) is 0. The van der Waals surface area contributed by atoms with Crippen molar-refractivity contribution in [2.45, 2.75) is 0 Å². The van der Waals surface area contributed by atoms with Crippen molar-refractivity contribution in [3.8, 4) is 11.4 Å². The lowest BCUT2D eigenvalue weighted by molar-refractivity contribution is -0.384. The third-order valence-electron chi connectivity index (χ3n) is 1.66. The van der Waals surface area contributed by atoms with E-state index in [-0.39, 0.29) is 5.69 Å². The molecule has 0 unspecified atom stereocenters. The first-order valence-electron chi connectivity index (χ1n) is 3.75. The first-order chi connectivity index (χ1) is 6.77. The number of nitro groups is 1. The highest BCUT2D eigenvalue weighted by molar-refractivity contribution is 5.57. The molecule has 70 valence electrons. The summed E-state index contributed by atoms with van der Waals surface area (Å²) in [7, 11) is 0. The van der Waals surface area contributed by atoms with Crippen LogP contribution in [0, 0.1) is 10.1 Å². The summed E-state index contributed by atoms with van der Waals surface area (Å²) < 4.78 is 0. The van der Waals surface area contributed by atoms with Crippen LogP contribution in [0.4, 0.5) is 5.69 Å². The van der Waals surface area contributed by atoms with Crippen LogP contribution < -0.4 is 0 Å². The van der Waals surface area contributed by atoms with E-state index in [4.69, 9.17) is 0 Å². The molecule has 1 aromatic heterocycles. The summed E-state index contributed by atoms with van der Waals surface area (Å²) in [4.78, 5) is 10.00. The van der Waals surface area contributed by atoms with Gasteiger partial charge >= 0.3 is 0 Å². The van der Waals surface area contributed by atoms with Crippen molar-refractivity contribution in [2.24, 2.45) is 0 Å². The molecule has 1 heterocycles. The summed E-state index contributed by atoms with van der Waals surface area (Å²) in [5.41, 5.74) is 0.570. The monoisotopic (exact) mass is 191 g/mol. The fourth-order valence-corrected chi connectivity index (χ4v) is 1.04. The second-order valence-corrected chi connectivity index (χ2v) is 2.54. The zero-order valence-electron chi connectivity index (χ0n) is 6.91. The lowest BCUT2D eigenvalue weighted by Gasteiger charge is -1.93. The number of nitro benzene ring substituents is 1. The summed E-state index contributed by atoms with van der Waals surface area (Å²) in [5, 5.41) is 23.5. The highest BCUT2D eigenvalue weighted by Gasteiger charge is 2.09. The quantitative estimate of drug-likeness (QED) is 0.558. The van der Waals surface area contributed by atoms with Gasteiger partial charge < -0.3 is 0 Å². The van der Waals surface area contributed by atoms with E-state index in [0.717, 1.165) is 0 Å². The number of hydrogen-bond acceptors (Lipinski definition) is 5. The molecule has 0 amide bonds. The molecule has 14 heavy (non-hydrogen) atoms. The topological polar surface area (TPSA) is 97.6 Å². The van der Waals surface area contributed by atoms with Gasteiger partial charge in [-0.05, 0) is 5.21 Å². The molecule has 0 bridgehead atoms. The normalized spacial score (nSPS) is 10.0. The van der Waals surface area contributed by atoms with Crippen LogP contribution in [0.5, 0.6) is 0 Å². The Morgan fingerprint density at radius 2 is 2.29 bits per heavy atom. The van der Waals surface area contributed by atoms with Crippen molar-refractivity contribution in [1.29, 1.82) is 0 Å². The van der Waals surface area contributed by atoms with Crippen molar-refractivity contribution >= 4 is 5.69 Å². The lowest BCUT2D eigenvalue weighted by Crippen LogP contribution is -1.88. The standard InChI is InChI=1S/C7H5N5O2/c13-12(14)6-3-1-2-5(4-6)7-8-10-11-9-7/h1-4H,(H,8,9,10,11). The highest BCUT2D eigenvalue weighted by atomic mass is 16.6. The van der Waals surface area contributed by atoms with Gasteiger partial charge in [-0.15, -0.1) is 10.2 Å². The number of benzene rings is 1. The minimum Gasteiger partial charge on any atom is -0.258 e. The Morgan fingerprint density at radius 1 is 1.43 bits per heavy atom. The van der Waals surface area contributed by atoms with Crippen molar-refractivity contribution in [3.63, 3.8) is 0 Å². The molecule has 0 saturated carbocycles. The SMILES string of the molecule is O=[N+]([O-])c1cccc(-c2nn[nH]n2)c1. The van der Waals surface area contributed by atoms with Gasteiger partial charge in [-0.1, -0.05) is 12.1 Å². The van der Waals surface area contributed by atoms with Crippen LogP contribution in [-0.4, -0.2) is 25.5 Å². The molecule has 0 spiro atoms. The molecule has 2 aromatic rings. The van der Waals surface area contributed by atoms with Crippen molar-refractivity contribution < 1.29 is 4.92 Å². The number of hydrogen-bond donors (Lipinski definition) is 1. The zero-order valence-corrected chi connectivity index (χ0v) is 6.91. The summed E-state index contributed by atoms with van der Waals surface area (Å²) in [6.07, 6.45) is 0. The number of nitrogens with zero attached hydrogens (tertiary/aromatic N) is 4. The minimum absolute atomic E-state index is 0.00676. The Morgan fingerprint density at radius 3 is 2.93 bits per heavy atom. The number of H-pyrrole nitrogens is 1. The van der Waals surface area contributed by atoms with Crippen LogP contribution in [0.1, 0.15) is 0 Å². The molecule has 2 rings (SSSR count). The molecule has 0 aliphatic carbocycles. The number of aromatic amines is 1. The van der Waals surface area contributed by atoms with Crippen molar-refractivity contribution in [1.82, 2.24) is 20.6 Å². The Balaban J connectivity index is 2.46. The van der Waals surface area contributed by atoms with Gasteiger partial charge in [0.25, 0.3) is 5.69 Å². The van der Waals surface area contributed by atoms with Gasteiger partial charge in [0.2, 0.25) is 5.82 Å². The summed E-state index contributed by atoms with van der Waals surface area (Å²) in [6, 6.07) is 6.05. The highest BCUT2D eigenvalue weighted by Crippen LogP contribution is 2.19. The Kier molecular flexibility index (Phi) is 1.90. The van der Waals surface area contributed by atoms with Crippen LogP contribution in [-0.2, 0) is 0 Å². The maximum atomic E-state index is 10.5. The largest absolute Gasteiger partial charge is 0.270 e. The molecule has 0 atom stereocenters. The average Bonchev–Trinajstić information content (AvgIpc) is 2.71. The smallest absolute Gasteiger partial charge is 0.258 e. The van der Waals surface area contributed by atoms with Gasteiger partial charge in [0, 0.05) is 17.7 Å². The van der Waals surface area contributed by atoms with E-state index in [9.17, 15) is 10.1 Å². The van der Waals surface area contributed by atoms with Gasteiger partial charge in [0.1, 0.15) is 0 Å². The summed E-state index contributed by atoms with van der Waals surface area (Å²) in [5.74, 6) is 0.341. The first kappa shape index (κ1) is 8.30. The minimum atomic E-state index is -0.469. The Bertz CT molecular complexity index is 453. The van der Waals surface area contributed by atoms with Crippen LogP contribution >= 0.6 is 0 Å². The molecule has 0 aliphatic heterocycles. The van der Waals surface area contributed by atoms with Crippen LogP contribution in [0.2, 0.25) is 0 Å². The van der Waals surface area contributed by atoms with Crippen molar-refractivity contribution in [2.75, 3.05) is 0 Å².